The Morgan fingerprint density at radius 3 is 2.67 bits per heavy atom. The average molecular weight is 173 g/mol. The van der Waals surface area contributed by atoms with Crippen molar-refractivity contribution in [2.24, 2.45) is 0 Å². The van der Waals surface area contributed by atoms with E-state index in [9.17, 15) is 8.78 Å². The van der Waals surface area contributed by atoms with Gasteiger partial charge in [0.25, 0.3) is 5.92 Å². The van der Waals surface area contributed by atoms with Crippen LogP contribution in [0.25, 0.3) is 0 Å². The first kappa shape index (κ1) is 8.90. The molecule has 0 aromatic carbocycles. The first-order valence-electron chi connectivity index (χ1n) is 3.42. The number of hydrogen-bond acceptors (Lipinski definition) is 2. The first-order chi connectivity index (χ1) is 5.54. The van der Waals surface area contributed by atoms with Crippen LogP contribution in [0.15, 0.2) is 18.3 Å². The highest BCUT2D eigenvalue weighted by molar-refractivity contribution is 5.24. The molecular weight excluding hydrogens is 164 g/mol. The van der Waals surface area contributed by atoms with E-state index >= 15 is 0 Å². The minimum absolute atomic E-state index is 0.276. The van der Waals surface area contributed by atoms with Crippen LogP contribution in [0.5, 0.6) is 5.75 Å². The third-order valence-corrected chi connectivity index (χ3v) is 1.42. The molecule has 0 saturated heterocycles. The maximum Gasteiger partial charge on any atom is 0.287 e. The van der Waals surface area contributed by atoms with E-state index in [0.717, 1.165) is 6.92 Å². The van der Waals surface area contributed by atoms with Crippen LogP contribution in [-0.4, -0.2) is 12.1 Å². The Labute approximate surface area is 69.2 Å². The van der Waals surface area contributed by atoms with E-state index in [2.05, 4.69) is 4.98 Å². The van der Waals surface area contributed by atoms with Gasteiger partial charge in [-0.3, -0.25) is 4.98 Å². The monoisotopic (exact) mass is 173 g/mol. The summed E-state index contributed by atoms with van der Waals surface area (Å²) in [5.74, 6) is -2.52. The summed E-state index contributed by atoms with van der Waals surface area (Å²) >= 11 is 0. The van der Waals surface area contributed by atoms with Crippen molar-refractivity contribution in [1.82, 2.24) is 4.98 Å². The van der Waals surface area contributed by atoms with Crippen LogP contribution in [0, 0.1) is 0 Å². The molecule has 66 valence electrons. The van der Waals surface area contributed by atoms with E-state index in [0.29, 0.717) is 5.75 Å². The van der Waals surface area contributed by atoms with Crippen LogP contribution in [0.1, 0.15) is 12.6 Å². The maximum absolute atomic E-state index is 12.7. The Morgan fingerprint density at radius 1 is 1.50 bits per heavy atom. The fourth-order valence-electron chi connectivity index (χ4n) is 0.778. The summed E-state index contributed by atoms with van der Waals surface area (Å²) in [6, 6.07) is 2.75. The zero-order chi connectivity index (χ0) is 9.19. The normalized spacial score (nSPS) is 11.3. The number of pyridine rings is 1. The lowest BCUT2D eigenvalue weighted by atomic mass is 10.2. The minimum atomic E-state index is -2.91. The highest BCUT2D eigenvalue weighted by Gasteiger charge is 2.26. The molecule has 12 heavy (non-hydrogen) atoms. The van der Waals surface area contributed by atoms with Gasteiger partial charge in [-0.15, -0.1) is 0 Å². The second-order valence-corrected chi connectivity index (χ2v) is 2.47. The lowest BCUT2D eigenvalue weighted by Gasteiger charge is -2.09. The summed E-state index contributed by atoms with van der Waals surface area (Å²) in [5, 5.41) is 0. The largest absolute Gasteiger partial charge is 0.497 e. The van der Waals surface area contributed by atoms with E-state index in [1.165, 1.54) is 25.4 Å². The molecule has 0 unspecified atom stereocenters. The molecule has 4 heteroatoms. The minimum Gasteiger partial charge on any atom is -0.497 e. The van der Waals surface area contributed by atoms with Crippen LogP contribution in [0.2, 0.25) is 0 Å². The molecule has 0 amide bonds. The molecule has 0 radical (unpaired) electrons. The second kappa shape index (κ2) is 3.05. The molecule has 1 heterocycles. The Morgan fingerprint density at radius 2 is 2.17 bits per heavy atom. The predicted octanol–water partition coefficient (Wildman–Crippen LogP) is 2.20. The van der Waals surface area contributed by atoms with E-state index < -0.39 is 5.92 Å². The molecule has 0 spiro atoms. The maximum atomic E-state index is 12.7. The van der Waals surface area contributed by atoms with Gasteiger partial charge in [0.1, 0.15) is 11.4 Å². The predicted molar refractivity (Wildman–Crippen MR) is 40.4 cm³/mol. The Balaban J connectivity index is 3.02. The summed E-state index contributed by atoms with van der Waals surface area (Å²) < 4.78 is 30.1. The Bertz CT molecular complexity index is 270. The van der Waals surface area contributed by atoms with Crippen molar-refractivity contribution >= 4 is 0 Å². The molecule has 0 bridgehead atoms. The fraction of sp³-hybridized carbons (Fsp3) is 0.375. The van der Waals surface area contributed by atoms with Crippen molar-refractivity contribution in [3.8, 4) is 5.75 Å². The highest BCUT2D eigenvalue weighted by atomic mass is 19.3. The third-order valence-electron chi connectivity index (χ3n) is 1.42. The second-order valence-electron chi connectivity index (χ2n) is 2.47. The molecule has 0 atom stereocenters. The van der Waals surface area contributed by atoms with Gasteiger partial charge in [0.15, 0.2) is 0 Å². The number of ether oxygens (including phenoxy) is 1. The SMILES string of the molecule is COc1ccnc(C(C)(F)F)c1. The molecule has 2 nitrogen and oxygen atoms in total. The Hall–Kier alpha value is -1.19. The summed E-state index contributed by atoms with van der Waals surface area (Å²) in [5.41, 5.74) is -0.276. The molecule has 1 rings (SSSR count). The summed E-state index contributed by atoms with van der Waals surface area (Å²) in [4.78, 5) is 3.53. The molecule has 0 aliphatic carbocycles. The van der Waals surface area contributed by atoms with Gasteiger partial charge in [-0.25, -0.2) is 0 Å². The summed E-state index contributed by atoms with van der Waals surface area (Å²) in [6.45, 7) is 0.800. The molecule has 0 saturated carbocycles. The lowest BCUT2D eigenvalue weighted by molar-refractivity contribution is 0.0125. The number of hydrogen-bond donors (Lipinski definition) is 0. The van der Waals surface area contributed by atoms with Gasteiger partial charge >= 0.3 is 0 Å². The molecule has 0 aliphatic heterocycles. The molecular formula is C8H9F2NO. The fourth-order valence-corrected chi connectivity index (χ4v) is 0.778. The zero-order valence-corrected chi connectivity index (χ0v) is 6.84. The first-order valence-corrected chi connectivity index (χ1v) is 3.42. The average Bonchev–Trinajstić information content (AvgIpc) is 2.03. The third kappa shape index (κ3) is 1.90. The van der Waals surface area contributed by atoms with Crippen molar-refractivity contribution < 1.29 is 13.5 Å². The van der Waals surface area contributed by atoms with Gasteiger partial charge in [-0.1, -0.05) is 0 Å². The van der Waals surface area contributed by atoms with Crippen LogP contribution >= 0.6 is 0 Å². The molecule has 1 aromatic heterocycles. The highest BCUT2D eigenvalue weighted by Crippen LogP contribution is 2.26. The standard InChI is InChI=1S/C8H9F2NO/c1-8(9,10)7-5-6(12-2)3-4-11-7/h3-5H,1-2H3. The van der Waals surface area contributed by atoms with Crippen molar-refractivity contribution in [3.05, 3.63) is 24.0 Å². The van der Waals surface area contributed by atoms with Crippen molar-refractivity contribution in [2.75, 3.05) is 7.11 Å². The van der Waals surface area contributed by atoms with E-state index in [1.54, 1.807) is 0 Å². The Kier molecular flexibility index (Phi) is 2.26. The summed E-state index contributed by atoms with van der Waals surface area (Å²) in [6.07, 6.45) is 1.30. The molecule has 1 aromatic rings. The quantitative estimate of drug-likeness (QED) is 0.684. The van der Waals surface area contributed by atoms with Gasteiger partial charge in [-0.2, -0.15) is 8.78 Å². The van der Waals surface area contributed by atoms with Crippen LogP contribution in [0.4, 0.5) is 8.78 Å². The van der Waals surface area contributed by atoms with Gasteiger partial charge in [0, 0.05) is 19.2 Å². The van der Waals surface area contributed by atoms with Crippen LogP contribution in [-0.2, 0) is 5.92 Å². The number of halogens is 2. The lowest BCUT2D eigenvalue weighted by Crippen LogP contribution is -2.09. The number of rotatable bonds is 2. The van der Waals surface area contributed by atoms with Crippen molar-refractivity contribution in [1.29, 1.82) is 0 Å². The molecule has 0 aliphatic rings. The molecule has 0 N–H and O–H groups in total. The zero-order valence-electron chi connectivity index (χ0n) is 6.84. The number of aromatic nitrogens is 1. The van der Waals surface area contributed by atoms with Gasteiger partial charge in [0.05, 0.1) is 7.11 Å². The van der Waals surface area contributed by atoms with E-state index in [1.807, 2.05) is 0 Å². The topological polar surface area (TPSA) is 22.1 Å². The number of methoxy groups -OCH3 is 1. The van der Waals surface area contributed by atoms with Crippen LogP contribution < -0.4 is 4.74 Å². The van der Waals surface area contributed by atoms with Crippen LogP contribution in [0.3, 0.4) is 0 Å². The van der Waals surface area contributed by atoms with Crippen molar-refractivity contribution in [3.63, 3.8) is 0 Å². The van der Waals surface area contributed by atoms with E-state index in [4.69, 9.17) is 4.74 Å². The van der Waals surface area contributed by atoms with Gasteiger partial charge in [0.2, 0.25) is 0 Å². The number of nitrogens with zero attached hydrogens (tertiary/aromatic N) is 1. The summed E-state index contributed by atoms with van der Waals surface area (Å²) in [7, 11) is 1.42. The van der Waals surface area contributed by atoms with E-state index in [-0.39, 0.29) is 5.69 Å². The van der Waals surface area contributed by atoms with Crippen molar-refractivity contribution in [2.45, 2.75) is 12.8 Å². The number of alkyl halides is 2. The smallest absolute Gasteiger partial charge is 0.287 e. The van der Waals surface area contributed by atoms with Gasteiger partial charge < -0.3 is 4.74 Å². The molecule has 0 fully saturated rings. The van der Waals surface area contributed by atoms with Gasteiger partial charge in [-0.05, 0) is 6.07 Å².